The topological polar surface area (TPSA) is 54.5 Å². The molecule has 5 heteroatoms. The summed E-state index contributed by atoms with van der Waals surface area (Å²) in [6.07, 6.45) is 3.15. The molecular weight excluding hydrogens is 334 g/mol. The third-order valence-electron chi connectivity index (χ3n) is 4.35. The van der Waals surface area contributed by atoms with E-state index in [0.29, 0.717) is 36.4 Å². The fourth-order valence-electron chi connectivity index (χ4n) is 3.30. The molecule has 1 aliphatic carbocycles. The summed E-state index contributed by atoms with van der Waals surface area (Å²) >= 11 is 3.36. The van der Waals surface area contributed by atoms with E-state index < -0.39 is 11.7 Å². The number of benzene rings is 1. The van der Waals surface area contributed by atoms with Crippen LogP contribution in [-0.2, 0) is 9.59 Å². The summed E-state index contributed by atoms with van der Waals surface area (Å²) in [5.74, 6) is -0.586. The number of ketones is 2. The van der Waals surface area contributed by atoms with Gasteiger partial charge in [-0.15, -0.1) is 0 Å². The molecule has 4 nitrogen and oxygen atoms in total. The minimum absolute atomic E-state index is 0.0488. The van der Waals surface area contributed by atoms with E-state index in [-0.39, 0.29) is 5.92 Å². The third kappa shape index (κ3) is 2.44. The number of aryl methyl sites for hydroxylation is 1. The predicted molar refractivity (Wildman–Crippen MR) is 82.5 cm³/mol. The summed E-state index contributed by atoms with van der Waals surface area (Å²) < 4.78 is 0.799. The predicted octanol–water partition coefficient (Wildman–Crippen LogP) is 3.05. The van der Waals surface area contributed by atoms with E-state index >= 15 is 0 Å². The first kappa shape index (κ1) is 14.4. The van der Waals surface area contributed by atoms with Gasteiger partial charge >= 0.3 is 0 Å². The van der Waals surface area contributed by atoms with Crippen molar-refractivity contribution in [2.24, 2.45) is 5.92 Å². The molecule has 1 atom stereocenters. The van der Waals surface area contributed by atoms with Crippen LogP contribution < -0.4 is 4.90 Å². The summed E-state index contributed by atoms with van der Waals surface area (Å²) in [4.78, 5) is 37.5. The fraction of sp³-hybridized carbons (Fsp3) is 0.438. The van der Waals surface area contributed by atoms with Gasteiger partial charge in [0.2, 0.25) is 0 Å². The average molecular weight is 350 g/mol. The van der Waals surface area contributed by atoms with Crippen LogP contribution in [0.2, 0.25) is 0 Å². The normalized spacial score (nSPS) is 21.3. The molecule has 1 aromatic carbocycles. The summed E-state index contributed by atoms with van der Waals surface area (Å²) in [6.45, 7) is 2.33. The number of nitrogens with zero attached hydrogens (tertiary/aromatic N) is 1. The number of carbonyl (C=O) groups is 3. The van der Waals surface area contributed by atoms with Gasteiger partial charge in [-0.25, -0.2) is 0 Å². The van der Waals surface area contributed by atoms with Gasteiger partial charge in [0, 0.05) is 23.4 Å². The molecule has 1 aliphatic heterocycles. The molecule has 110 valence electrons. The molecule has 0 radical (unpaired) electrons. The summed E-state index contributed by atoms with van der Waals surface area (Å²) in [6, 6.07) is 3.60. The second kappa shape index (κ2) is 5.37. The highest BCUT2D eigenvalue weighted by molar-refractivity contribution is 9.10. The Morgan fingerprint density at radius 2 is 2.05 bits per heavy atom. The van der Waals surface area contributed by atoms with Gasteiger partial charge < -0.3 is 4.90 Å². The highest BCUT2D eigenvalue weighted by atomic mass is 79.9. The van der Waals surface area contributed by atoms with Crippen LogP contribution in [0.4, 0.5) is 5.69 Å². The van der Waals surface area contributed by atoms with Crippen LogP contribution in [-0.4, -0.2) is 24.0 Å². The lowest BCUT2D eigenvalue weighted by atomic mass is 10.0. The molecule has 3 rings (SSSR count). The van der Waals surface area contributed by atoms with Gasteiger partial charge in [-0.2, -0.15) is 0 Å². The Kier molecular flexibility index (Phi) is 3.69. The Hall–Kier alpha value is -1.49. The zero-order chi connectivity index (χ0) is 15.1. The van der Waals surface area contributed by atoms with Crippen molar-refractivity contribution >= 4 is 39.1 Å². The van der Waals surface area contributed by atoms with Gasteiger partial charge in [0.1, 0.15) is 5.78 Å². The molecule has 1 heterocycles. The highest BCUT2D eigenvalue weighted by Crippen LogP contribution is 2.36. The fourth-order valence-corrected chi connectivity index (χ4v) is 3.87. The van der Waals surface area contributed by atoms with E-state index in [1.165, 1.54) is 0 Å². The van der Waals surface area contributed by atoms with Gasteiger partial charge in [0.25, 0.3) is 11.7 Å². The molecule has 1 amide bonds. The SMILES string of the molecule is Cc1cc(Br)cc2c1N(CCC1CCCC1=O)C(=O)C2=O. The van der Waals surface area contributed by atoms with Crippen LogP contribution in [0.3, 0.4) is 0 Å². The standard InChI is InChI=1S/C16H16BrNO3/c1-9-7-11(17)8-12-14(9)18(16(21)15(12)20)6-5-10-3-2-4-13(10)19/h7-8,10H,2-6H2,1H3. The number of Topliss-reactive ketones (excluding diaryl/α,β-unsaturated/α-hetero) is 2. The van der Waals surface area contributed by atoms with Crippen LogP contribution in [0.15, 0.2) is 16.6 Å². The van der Waals surface area contributed by atoms with Gasteiger partial charge in [0.15, 0.2) is 0 Å². The van der Waals surface area contributed by atoms with Crippen LogP contribution in [0.1, 0.15) is 41.6 Å². The first-order valence-corrected chi connectivity index (χ1v) is 7.97. The maximum Gasteiger partial charge on any atom is 0.299 e. The molecule has 21 heavy (non-hydrogen) atoms. The minimum atomic E-state index is -0.475. The molecule has 1 saturated carbocycles. The van der Waals surface area contributed by atoms with E-state index in [0.717, 1.165) is 22.9 Å². The lowest BCUT2D eigenvalue weighted by Crippen LogP contribution is -2.32. The number of hydrogen-bond donors (Lipinski definition) is 0. The second-order valence-corrected chi connectivity index (χ2v) is 6.66. The first-order chi connectivity index (χ1) is 9.99. The van der Waals surface area contributed by atoms with Gasteiger partial charge in [-0.1, -0.05) is 15.9 Å². The van der Waals surface area contributed by atoms with Crippen molar-refractivity contribution in [1.29, 1.82) is 0 Å². The molecular formula is C16H16BrNO3. The van der Waals surface area contributed by atoms with E-state index in [2.05, 4.69) is 15.9 Å². The van der Waals surface area contributed by atoms with Crippen molar-refractivity contribution in [3.63, 3.8) is 0 Å². The Morgan fingerprint density at radius 1 is 1.29 bits per heavy atom. The summed E-state index contributed by atoms with van der Waals surface area (Å²) in [5.41, 5.74) is 2.07. The number of halogens is 1. The Bertz CT molecular complexity index is 653. The van der Waals surface area contributed by atoms with Crippen molar-refractivity contribution in [3.05, 3.63) is 27.7 Å². The Morgan fingerprint density at radius 3 is 2.71 bits per heavy atom. The molecule has 1 fully saturated rings. The van der Waals surface area contributed by atoms with Crippen molar-refractivity contribution in [1.82, 2.24) is 0 Å². The van der Waals surface area contributed by atoms with Crippen molar-refractivity contribution < 1.29 is 14.4 Å². The van der Waals surface area contributed by atoms with E-state index in [4.69, 9.17) is 0 Å². The Balaban J connectivity index is 1.85. The van der Waals surface area contributed by atoms with Gasteiger partial charge in [0.05, 0.1) is 11.3 Å². The lowest BCUT2D eigenvalue weighted by Gasteiger charge is -2.20. The average Bonchev–Trinajstić information content (AvgIpc) is 2.93. The first-order valence-electron chi connectivity index (χ1n) is 7.18. The summed E-state index contributed by atoms with van der Waals surface area (Å²) in [7, 11) is 0. The molecule has 0 bridgehead atoms. The zero-order valence-electron chi connectivity index (χ0n) is 11.8. The van der Waals surface area contributed by atoms with Crippen molar-refractivity contribution in [2.45, 2.75) is 32.6 Å². The number of hydrogen-bond acceptors (Lipinski definition) is 3. The molecule has 0 saturated heterocycles. The van der Waals surface area contributed by atoms with Crippen molar-refractivity contribution in [3.8, 4) is 0 Å². The molecule has 0 N–H and O–H groups in total. The van der Waals surface area contributed by atoms with Crippen LogP contribution in [0.25, 0.3) is 0 Å². The number of amides is 1. The number of anilines is 1. The van der Waals surface area contributed by atoms with Crippen LogP contribution in [0.5, 0.6) is 0 Å². The Labute approximate surface area is 131 Å². The summed E-state index contributed by atoms with van der Waals surface area (Å²) in [5, 5.41) is 0. The maximum absolute atomic E-state index is 12.2. The highest BCUT2D eigenvalue weighted by Gasteiger charge is 2.37. The molecule has 2 aliphatic rings. The van der Waals surface area contributed by atoms with Crippen LogP contribution >= 0.6 is 15.9 Å². The third-order valence-corrected chi connectivity index (χ3v) is 4.81. The molecule has 0 aromatic heterocycles. The second-order valence-electron chi connectivity index (χ2n) is 5.75. The maximum atomic E-state index is 12.2. The van der Waals surface area contributed by atoms with E-state index in [1.54, 1.807) is 11.0 Å². The van der Waals surface area contributed by atoms with Crippen molar-refractivity contribution in [2.75, 3.05) is 11.4 Å². The molecule has 0 spiro atoms. The smallest absolute Gasteiger partial charge is 0.299 e. The number of carbonyl (C=O) groups excluding carboxylic acids is 3. The zero-order valence-corrected chi connectivity index (χ0v) is 13.4. The van der Waals surface area contributed by atoms with Gasteiger partial charge in [-0.3, -0.25) is 14.4 Å². The largest absolute Gasteiger partial charge is 0.304 e. The lowest BCUT2D eigenvalue weighted by molar-refractivity contribution is -0.121. The molecule has 1 aromatic rings. The van der Waals surface area contributed by atoms with E-state index in [1.807, 2.05) is 13.0 Å². The quantitative estimate of drug-likeness (QED) is 0.788. The number of rotatable bonds is 3. The van der Waals surface area contributed by atoms with Crippen LogP contribution in [0, 0.1) is 12.8 Å². The van der Waals surface area contributed by atoms with E-state index in [9.17, 15) is 14.4 Å². The molecule has 1 unspecified atom stereocenters. The van der Waals surface area contributed by atoms with Gasteiger partial charge in [-0.05, 0) is 43.9 Å². The minimum Gasteiger partial charge on any atom is -0.304 e. The monoisotopic (exact) mass is 349 g/mol. The number of fused-ring (bicyclic) bond motifs is 1.